The smallest absolute Gasteiger partial charge is 0.256 e. The minimum absolute atomic E-state index is 0.00808. The van der Waals surface area contributed by atoms with Gasteiger partial charge in [-0.2, -0.15) is 0 Å². The number of anilines is 12. The van der Waals surface area contributed by atoms with Crippen LogP contribution >= 0.6 is 15.9 Å². The van der Waals surface area contributed by atoms with Gasteiger partial charge < -0.3 is 24.3 Å². The molecule has 0 spiro atoms. The van der Waals surface area contributed by atoms with Crippen molar-refractivity contribution in [2.45, 2.75) is 0 Å². The molecule has 6 aliphatic heterocycles. The predicted octanol–water partition coefficient (Wildman–Crippen LogP) is 9.55. The average molecular weight is 941 g/mol. The zero-order valence-electron chi connectivity index (χ0n) is 37.1. The van der Waals surface area contributed by atoms with Crippen LogP contribution in [-0.4, -0.2) is 20.1 Å². The number of para-hydroxylation sites is 6. The lowest BCUT2D eigenvalue weighted by atomic mass is 9.28. The van der Waals surface area contributed by atoms with E-state index in [9.17, 15) is 0 Å². The van der Waals surface area contributed by atoms with E-state index in [2.05, 4.69) is 254 Å². The van der Waals surface area contributed by atoms with E-state index in [1.54, 1.807) is 0 Å². The SMILES string of the molecule is Brc1ccc2c(c1)Oc1cc3c4c5c1B2c1ccccc1N5c1ccccc1B4c1cc2c(cc1N3c1ccccc1)N(c1ccccc1)c1cccc3c1B2c1ccccc1N3c1ccccc1. The van der Waals surface area contributed by atoms with E-state index in [1.165, 1.54) is 89.0 Å². The van der Waals surface area contributed by atoms with Crippen molar-refractivity contribution in [2.24, 2.45) is 0 Å². The fourth-order valence-corrected chi connectivity index (χ4v) is 13.3. The molecule has 0 atom stereocenters. The first-order valence-electron chi connectivity index (χ1n) is 23.8. The van der Waals surface area contributed by atoms with Crippen molar-refractivity contribution >= 4 is 153 Å². The van der Waals surface area contributed by atoms with Gasteiger partial charge >= 0.3 is 0 Å². The molecule has 5 nitrogen and oxygen atoms in total. The van der Waals surface area contributed by atoms with E-state index in [1.807, 2.05) is 0 Å². The highest BCUT2D eigenvalue weighted by Gasteiger charge is 2.52. The highest BCUT2D eigenvalue weighted by molar-refractivity contribution is 9.10. The predicted molar refractivity (Wildman–Crippen MR) is 293 cm³/mol. The molecule has 0 aliphatic carbocycles. The van der Waals surface area contributed by atoms with Crippen LogP contribution in [0.25, 0.3) is 0 Å². The summed E-state index contributed by atoms with van der Waals surface area (Å²) in [6, 6.07) is 80.9. The average Bonchev–Trinajstić information content (AvgIpc) is 3.40. The zero-order valence-corrected chi connectivity index (χ0v) is 38.7. The maximum Gasteiger partial charge on any atom is 0.256 e. The van der Waals surface area contributed by atoms with E-state index in [0.717, 1.165) is 44.4 Å². The molecule has 6 heterocycles. The Balaban J connectivity index is 1.03. The van der Waals surface area contributed by atoms with E-state index in [0.29, 0.717) is 0 Å². The van der Waals surface area contributed by atoms with Crippen LogP contribution in [-0.2, 0) is 0 Å². The molecule has 6 aliphatic rings. The molecule has 0 aromatic heterocycles. The highest BCUT2D eigenvalue weighted by Crippen LogP contribution is 2.50. The van der Waals surface area contributed by atoms with Crippen molar-refractivity contribution in [3.05, 3.63) is 223 Å². The van der Waals surface area contributed by atoms with Crippen LogP contribution in [0.1, 0.15) is 0 Å². The molecule has 0 amide bonds. The molecule has 9 heteroatoms. The summed E-state index contributed by atoms with van der Waals surface area (Å²) in [6.07, 6.45) is 0. The van der Waals surface area contributed by atoms with Gasteiger partial charge in [-0.1, -0.05) is 143 Å². The Bertz CT molecular complexity index is 3850. The van der Waals surface area contributed by atoms with Crippen molar-refractivity contribution in [3.63, 3.8) is 0 Å². The number of benzene rings is 10. The van der Waals surface area contributed by atoms with E-state index in [4.69, 9.17) is 4.74 Å². The van der Waals surface area contributed by atoms with Crippen molar-refractivity contribution in [1.82, 2.24) is 0 Å². The first kappa shape index (κ1) is 37.9. The largest absolute Gasteiger partial charge is 0.458 e. The summed E-state index contributed by atoms with van der Waals surface area (Å²) < 4.78 is 8.18. The molecule has 0 unspecified atom stereocenters. The standard InChI is InChI=1S/C60H36B3BrN4O/c64-37-31-32-44-55(33-37)69-56-36-54-58-60-59(56)61(44)42-24-11-14-27-48(42)68(60)49-28-15-12-25-43(49)63(58)46-34-45-52(35-53(46)67(54)40-21-8-3-9-22-40)66(39-19-6-2-7-20-39)51-30-16-29-50-57(51)62(45)41-23-10-13-26-47(41)65(50)38-17-4-1-5-18-38/h1-36H. The molecule has 0 radical (unpaired) electrons. The number of fused-ring (bicyclic) bond motifs is 14. The highest BCUT2D eigenvalue weighted by atomic mass is 79.9. The van der Waals surface area contributed by atoms with Crippen LogP contribution < -0.4 is 73.5 Å². The molecule has 0 fully saturated rings. The van der Waals surface area contributed by atoms with Gasteiger partial charge in [-0.15, -0.1) is 0 Å². The number of rotatable bonds is 3. The lowest BCUT2D eigenvalue weighted by Gasteiger charge is -2.50. The molecule has 0 saturated carbocycles. The molecule has 0 bridgehead atoms. The molecular formula is C60H36B3BrN4O. The van der Waals surface area contributed by atoms with Gasteiger partial charge in [-0.05, 0) is 134 Å². The summed E-state index contributed by atoms with van der Waals surface area (Å²) in [6.45, 7) is -0.116. The van der Waals surface area contributed by atoms with Crippen LogP contribution in [0, 0.1) is 0 Å². The number of hydrogen-bond acceptors (Lipinski definition) is 5. The Morgan fingerprint density at radius 1 is 0.290 bits per heavy atom. The molecule has 10 aromatic carbocycles. The van der Waals surface area contributed by atoms with Gasteiger partial charge in [0.25, 0.3) is 20.1 Å². The molecule has 0 saturated heterocycles. The Kier molecular flexibility index (Phi) is 7.68. The Labute approximate surface area is 409 Å². The number of halogens is 1. The number of ether oxygens (including phenoxy) is 1. The zero-order chi connectivity index (χ0) is 45.1. The van der Waals surface area contributed by atoms with Crippen LogP contribution in [0.2, 0.25) is 0 Å². The summed E-state index contributed by atoms with van der Waals surface area (Å²) in [4.78, 5) is 10.1. The van der Waals surface area contributed by atoms with Crippen molar-refractivity contribution in [3.8, 4) is 11.5 Å². The number of nitrogens with zero attached hydrogens (tertiary/aromatic N) is 4. The second-order valence-electron chi connectivity index (χ2n) is 18.9. The fourth-order valence-electron chi connectivity index (χ4n) is 12.9. The van der Waals surface area contributed by atoms with Gasteiger partial charge in [0.15, 0.2) is 0 Å². The monoisotopic (exact) mass is 940 g/mol. The normalized spacial score (nSPS) is 14.4. The van der Waals surface area contributed by atoms with Gasteiger partial charge in [0.05, 0.1) is 0 Å². The molecule has 0 N–H and O–H groups in total. The minimum Gasteiger partial charge on any atom is -0.458 e. The van der Waals surface area contributed by atoms with Crippen LogP contribution in [0.15, 0.2) is 223 Å². The minimum atomic E-state index is -0.0771. The van der Waals surface area contributed by atoms with Crippen LogP contribution in [0.5, 0.6) is 11.5 Å². The van der Waals surface area contributed by atoms with Crippen molar-refractivity contribution < 1.29 is 4.74 Å². The van der Waals surface area contributed by atoms with Crippen LogP contribution in [0.3, 0.4) is 0 Å². The summed E-state index contributed by atoms with van der Waals surface area (Å²) in [5.74, 6) is 1.78. The fraction of sp³-hybridized carbons (Fsp3) is 0. The third-order valence-corrected chi connectivity index (χ3v) is 16.0. The third kappa shape index (κ3) is 5.02. The first-order chi connectivity index (χ1) is 34.2. The van der Waals surface area contributed by atoms with Gasteiger partial charge in [0.1, 0.15) is 11.5 Å². The Morgan fingerprint density at radius 3 is 1.30 bits per heavy atom. The van der Waals surface area contributed by atoms with Crippen LogP contribution in [0.4, 0.5) is 68.2 Å². The molecule has 318 valence electrons. The maximum absolute atomic E-state index is 7.18. The third-order valence-electron chi connectivity index (χ3n) is 15.5. The Hall–Kier alpha value is -8.13. The summed E-state index contributed by atoms with van der Waals surface area (Å²) in [7, 11) is 0. The summed E-state index contributed by atoms with van der Waals surface area (Å²) >= 11 is 3.79. The molecular weight excluding hydrogens is 905 g/mol. The quantitative estimate of drug-likeness (QED) is 0.164. The van der Waals surface area contributed by atoms with Gasteiger partial charge in [-0.25, -0.2) is 0 Å². The molecule has 69 heavy (non-hydrogen) atoms. The summed E-state index contributed by atoms with van der Waals surface area (Å²) in [5, 5.41) is 0. The second kappa shape index (κ2) is 14.0. The maximum atomic E-state index is 7.18. The van der Waals surface area contributed by atoms with Gasteiger partial charge in [0, 0.05) is 78.8 Å². The van der Waals surface area contributed by atoms with E-state index in [-0.39, 0.29) is 20.1 Å². The topological polar surface area (TPSA) is 22.2 Å². The summed E-state index contributed by atoms with van der Waals surface area (Å²) in [5.41, 5.74) is 25.6. The Morgan fingerprint density at radius 2 is 0.739 bits per heavy atom. The van der Waals surface area contributed by atoms with Crippen molar-refractivity contribution in [2.75, 3.05) is 19.6 Å². The lowest BCUT2D eigenvalue weighted by molar-refractivity contribution is 0.487. The molecule has 16 rings (SSSR count). The van der Waals surface area contributed by atoms with E-state index >= 15 is 0 Å². The van der Waals surface area contributed by atoms with E-state index < -0.39 is 0 Å². The van der Waals surface area contributed by atoms with Crippen molar-refractivity contribution in [1.29, 1.82) is 0 Å². The van der Waals surface area contributed by atoms with Gasteiger partial charge in [0.2, 0.25) is 0 Å². The lowest BCUT2D eigenvalue weighted by Crippen LogP contribution is -2.68. The molecule has 10 aromatic rings. The van der Waals surface area contributed by atoms with Gasteiger partial charge in [-0.3, -0.25) is 0 Å². The second-order valence-corrected chi connectivity index (χ2v) is 19.8. The first-order valence-corrected chi connectivity index (χ1v) is 24.6. The number of hydrogen-bond donors (Lipinski definition) is 0.